The van der Waals surface area contributed by atoms with Crippen LogP contribution >= 0.6 is 11.3 Å². The molecule has 0 saturated carbocycles. The number of hydrogen-bond donors (Lipinski definition) is 3. The van der Waals surface area contributed by atoms with Gasteiger partial charge in [-0.3, -0.25) is 24.1 Å². The number of piperidine rings is 1. The van der Waals surface area contributed by atoms with Gasteiger partial charge in [-0.1, -0.05) is 78.6 Å². The molecule has 56 heavy (non-hydrogen) atoms. The number of benzene rings is 1. The van der Waals surface area contributed by atoms with Gasteiger partial charge >= 0.3 is 5.97 Å². The molecule has 3 amide bonds. The lowest BCUT2D eigenvalue weighted by Crippen LogP contribution is -2.58. The molecule has 0 spiro atoms. The summed E-state index contributed by atoms with van der Waals surface area (Å²) in [5.41, 5.74) is 7.94. The predicted octanol–water partition coefficient (Wildman–Crippen LogP) is 6.00. The molecule has 4 rings (SSSR count). The molecule has 0 bridgehead atoms. The molecule has 0 radical (unpaired) electrons. The molecule has 312 valence electrons. The molecule has 4 N–H and O–H groups in total. The number of amides is 3. The third-order valence-corrected chi connectivity index (χ3v) is 12.4. The van der Waals surface area contributed by atoms with Gasteiger partial charge in [0.25, 0.3) is 5.91 Å². The van der Waals surface area contributed by atoms with E-state index in [0.717, 1.165) is 56.2 Å². The van der Waals surface area contributed by atoms with Crippen molar-refractivity contribution < 1.29 is 28.7 Å². The largest absolute Gasteiger partial charge is 0.461 e. The third kappa shape index (κ3) is 11.8. The zero-order valence-corrected chi connectivity index (χ0v) is 35.9. The highest BCUT2D eigenvalue weighted by Gasteiger charge is 2.39. The molecule has 1 saturated heterocycles. The SMILES string of the molecule is CCCO[C@H](CC(C(C)C)N(CCC)C(=O)[C@@H](NC(=O)[C@H]1CCCCN1C)[C@@H](C)CC)c1nc(C(=O)N[C@H]2Cc3ccccc3[C@H](C(=O)OC(C)CN)C2)cs1. The number of carbonyl (C=O) groups is 4. The Labute approximate surface area is 339 Å². The Morgan fingerprint density at radius 2 is 1.82 bits per heavy atom. The molecule has 2 aliphatic rings. The van der Waals surface area contributed by atoms with E-state index in [2.05, 4.69) is 50.2 Å². The summed E-state index contributed by atoms with van der Waals surface area (Å²) in [6.07, 6.45) is 5.82. The molecule has 1 aromatic carbocycles. The van der Waals surface area contributed by atoms with Gasteiger partial charge in [0.05, 0.1) is 12.0 Å². The van der Waals surface area contributed by atoms with Crippen molar-refractivity contribution >= 4 is 35.0 Å². The van der Waals surface area contributed by atoms with E-state index < -0.39 is 24.2 Å². The van der Waals surface area contributed by atoms with Crippen molar-refractivity contribution in [3.05, 3.63) is 51.5 Å². The number of nitrogens with two attached hydrogens (primary N) is 1. The van der Waals surface area contributed by atoms with Crippen molar-refractivity contribution in [2.24, 2.45) is 17.6 Å². The first-order chi connectivity index (χ1) is 26.8. The first-order valence-electron chi connectivity index (χ1n) is 21.0. The topological polar surface area (TPSA) is 156 Å². The molecule has 13 heteroatoms. The number of fused-ring (bicyclic) bond motifs is 1. The Bertz CT molecular complexity index is 1590. The molecule has 2 aromatic rings. The molecule has 1 aliphatic heterocycles. The number of nitrogens with zero attached hydrogens (tertiary/aromatic N) is 3. The van der Waals surface area contributed by atoms with Crippen molar-refractivity contribution in [2.75, 3.05) is 33.3 Å². The van der Waals surface area contributed by atoms with Crippen molar-refractivity contribution in [3.8, 4) is 0 Å². The van der Waals surface area contributed by atoms with Crippen LogP contribution in [0.3, 0.4) is 0 Å². The number of carbonyl (C=O) groups excluding carboxylic acids is 4. The summed E-state index contributed by atoms with van der Waals surface area (Å²) in [6.45, 7) is 16.4. The normalized spacial score (nSPS) is 21.3. The van der Waals surface area contributed by atoms with Crippen LogP contribution in [0.1, 0.15) is 138 Å². The minimum Gasteiger partial charge on any atom is -0.461 e. The minimum atomic E-state index is -0.641. The van der Waals surface area contributed by atoms with Gasteiger partial charge in [-0.2, -0.15) is 0 Å². The lowest BCUT2D eigenvalue weighted by Gasteiger charge is -2.40. The van der Waals surface area contributed by atoms with Gasteiger partial charge in [0.1, 0.15) is 29.0 Å². The molecular weight excluding hydrogens is 729 g/mol. The van der Waals surface area contributed by atoms with E-state index >= 15 is 0 Å². The van der Waals surface area contributed by atoms with Gasteiger partial charge in [0, 0.05) is 43.6 Å². The molecule has 1 aliphatic carbocycles. The van der Waals surface area contributed by atoms with Crippen LogP contribution in [0, 0.1) is 11.8 Å². The fraction of sp³-hybridized carbons (Fsp3) is 0.698. The van der Waals surface area contributed by atoms with E-state index in [1.165, 1.54) is 11.3 Å². The van der Waals surface area contributed by atoms with Crippen LogP contribution in [-0.4, -0.2) is 102 Å². The predicted molar refractivity (Wildman–Crippen MR) is 221 cm³/mol. The summed E-state index contributed by atoms with van der Waals surface area (Å²) >= 11 is 1.38. The molecular formula is C43H68N6O6S. The van der Waals surface area contributed by atoms with E-state index in [1.807, 2.05) is 43.1 Å². The quantitative estimate of drug-likeness (QED) is 0.137. The Hall–Kier alpha value is -3.39. The van der Waals surface area contributed by atoms with Crippen LogP contribution in [0.5, 0.6) is 0 Å². The number of likely N-dealkylation sites (N-methyl/N-ethyl adjacent to an activating group) is 1. The number of thiazole rings is 1. The van der Waals surface area contributed by atoms with Crippen LogP contribution < -0.4 is 16.4 Å². The second-order valence-corrected chi connectivity index (χ2v) is 17.1. The minimum absolute atomic E-state index is 0.0484. The molecule has 2 heterocycles. The van der Waals surface area contributed by atoms with Crippen LogP contribution in [0.4, 0.5) is 0 Å². The zero-order valence-electron chi connectivity index (χ0n) is 35.1. The first-order valence-corrected chi connectivity index (χ1v) is 21.9. The number of aromatic nitrogens is 1. The lowest BCUT2D eigenvalue weighted by atomic mass is 9.80. The van der Waals surface area contributed by atoms with Crippen molar-refractivity contribution in [1.82, 2.24) is 25.4 Å². The molecule has 1 fully saturated rings. The lowest BCUT2D eigenvalue weighted by molar-refractivity contribution is -0.150. The van der Waals surface area contributed by atoms with Gasteiger partial charge in [0.15, 0.2) is 0 Å². The molecule has 1 aromatic heterocycles. The van der Waals surface area contributed by atoms with E-state index in [4.69, 9.17) is 20.2 Å². The van der Waals surface area contributed by atoms with Gasteiger partial charge in [-0.15, -0.1) is 11.3 Å². The van der Waals surface area contributed by atoms with E-state index in [9.17, 15) is 19.2 Å². The smallest absolute Gasteiger partial charge is 0.313 e. The van der Waals surface area contributed by atoms with Crippen LogP contribution in [-0.2, 0) is 30.3 Å². The Morgan fingerprint density at radius 1 is 1.07 bits per heavy atom. The van der Waals surface area contributed by atoms with Crippen molar-refractivity contribution in [2.45, 2.75) is 149 Å². The summed E-state index contributed by atoms with van der Waals surface area (Å²) in [4.78, 5) is 64.1. The van der Waals surface area contributed by atoms with Gasteiger partial charge in [-0.05, 0) is 82.0 Å². The second kappa shape index (κ2) is 21.9. The van der Waals surface area contributed by atoms with Gasteiger partial charge in [0.2, 0.25) is 11.8 Å². The third-order valence-electron chi connectivity index (χ3n) is 11.5. The molecule has 12 nitrogen and oxygen atoms in total. The summed E-state index contributed by atoms with van der Waals surface area (Å²) in [5.74, 6) is -1.27. The maximum Gasteiger partial charge on any atom is 0.313 e. The zero-order chi connectivity index (χ0) is 40.9. The van der Waals surface area contributed by atoms with Crippen molar-refractivity contribution in [1.29, 1.82) is 0 Å². The summed E-state index contributed by atoms with van der Waals surface area (Å²) in [6, 6.07) is 6.42. The first kappa shape index (κ1) is 45.3. The fourth-order valence-corrected chi connectivity index (χ4v) is 8.82. The number of hydrogen-bond acceptors (Lipinski definition) is 10. The summed E-state index contributed by atoms with van der Waals surface area (Å²) in [7, 11) is 1.99. The standard InChI is InChI=1S/C43H68N6O6S/c1-9-19-49(42(52)38(28(6)11-3)47-40(51)35-18-14-15-20-48(35)8)36(27(4)5)24-37(54-21-10-2)41-46-34(26-56-41)39(50)45-31-22-30-16-12-13-17-32(30)33(23-31)43(53)55-29(7)25-44/h12-13,16-17,26-29,31,33,35-38H,9-11,14-15,18-25,44H2,1-8H3,(H,45,50)(H,47,51)/t28-,29?,31-,33+,35+,36?,37+,38-/m0/s1. The van der Waals surface area contributed by atoms with E-state index in [1.54, 1.807) is 12.3 Å². The monoisotopic (exact) mass is 796 g/mol. The van der Waals surface area contributed by atoms with Crippen LogP contribution in [0.15, 0.2) is 29.6 Å². The second-order valence-electron chi connectivity index (χ2n) is 16.2. The Balaban J connectivity index is 1.53. The Morgan fingerprint density at radius 3 is 2.48 bits per heavy atom. The summed E-state index contributed by atoms with van der Waals surface area (Å²) in [5, 5.41) is 8.79. The number of nitrogens with one attached hydrogen (secondary N) is 2. The average Bonchev–Trinajstić information content (AvgIpc) is 3.69. The number of rotatable bonds is 20. The fourth-order valence-electron chi connectivity index (χ4n) is 7.96. The van der Waals surface area contributed by atoms with E-state index in [0.29, 0.717) is 43.1 Å². The Kier molecular flexibility index (Phi) is 17.8. The van der Waals surface area contributed by atoms with E-state index in [-0.39, 0.29) is 60.2 Å². The van der Waals surface area contributed by atoms with Crippen LogP contribution in [0.2, 0.25) is 0 Å². The van der Waals surface area contributed by atoms with Crippen molar-refractivity contribution in [3.63, 3.8) is 0 Å². The maximum absolute atomic E-state index is 14.7. The highest BCUT2D eigenvalue weighted by molar-refractivity contribution is 7.09. The molecule has 2 unspecified atom stereocenters. The number of likely N-dealkylation sites (tertiary alicyclic amines) is 1. The maximum atomic E-state index is 14.7. The number of esters is 1. The van der Waals surface area contributed by atoms with Gasteiger partial charge in [-0.25, -0.2) is 4.98 Å². The number of ether oxygens (including phenoxy) is 2. The highest BCUT2D eigenvalue weighted by Crippen LogP contribution is 2.34. The summed E-state index contributed by atoms with van der Waals surface area (Å²) < 4.78 is 12.1. The average molecular weight is 797 g/mol. The molecule has 8 atom stereocenters. The van der Waals surface area contributed by atoms with Gasteiger partial charge < -0.3 is 30.7 Å². The van der Waals surface area contributed by atoms with Crippen LogP contribution in [0.25, 0.3) is 0 Å². The highest BCUT2D eigenvalue weighted by atomic mass is 32.1.